The zero-order valence-corrected chi connectivity index (χ0v) is 13.5. The largest absolute Gasteiger partial charge is 0.415 e. The minimum absolute atomic E-state index is 0.00722. The van der Waals surface area contributed by atoms with Gasteiger partial charge in [0.1, 0.15) is 0 Å². The summed E-state index contributed by atoms with van der Waals surface area (Å²) in [7, 11) is 1.93. The molecule has 0 bridgehead atoms. The van der Waals surface area contributed by atoms with Gasteiger partial charge in [-0.15, -0.1) is 10.2 Å². The lowest BCUT2D eigenvalue weighted by Gasteiger charge is -2.21. The molecule has 0 saturated heterocycles. The number of aromatic nitrogens is 2. The standard InChI is InChI=1S/C16H22N4O2/c1-16(2,3)17-13(21)10-20(4)11-14-18-19-15(22-14)12-8-6-5-7-9-12/h5-9H,10-11H2,1-4H3,(H,17,21)/p+1. The van der Waals surface area contributed by atoms with Crippen molar-refractivity contribution in [2.24, 2.45) is 0 Å². The predicted octanol–water partition coefficient (Wildman–Crippen LogP) is 0.666. The molecule has 0 radical (unpaired) electrons. The van der Waals surface area contributed by atoms with Crippen molar-refractivity contribution in [1.82, 2.24) is 15.5 Å². The molecule has 1 aromatic carbocycles. The average Bonchev–Trinajstić information content (AvgIpc) is 2.85. The van der Waals surface area contributed by atoms with E-state index in [0.29, 0.717) is 24.9 Å². The predicted molar refractivity (Wildman–Crippen MR) is 83.1 cm³/mol. The van der Waals surface area contributed by atoms with Gasteiger partial charge in [-0.2, -0.15) is 0 Å². The van der Waals surface area contributed by atoms with E-state index in [-0.39, 0.29) is 11.4 Å². The second kappa shape index (κ2) is 6.70. The van der Waals surface area contributed by atoms with E-state index < -0.39 is 0 Å². The highest BCUT2D eigenvalue weighted by atomic mass is 16.4. The fourth-order valence-electron chi connectivity index (χ4n) is 2.08. The fourth-order valence-corrected chi connectivity index (χ4v) is 2.08. The van der Waals surface area contributed by atoms with Crippen LogP contribution in [0, 0.1) is 0 Å². The number of carbonyl (C=O) groups is 1. The third kappa shape index (κ3) is 4.96. The molecule has 0 aliphatic rings. The van der Waals surface area contributed by atoms with Crippen LogP contribution in [0.4, 0.5) is 0 Å². The summed E-state index contributed by atoms with van der Waals surface area (Å²) in [6, 6.07) is 9.63. The Morgan fingerprint density at radius 1 is 1.23 bits per heavy atom. The van der Waals surface area contributed by atoms with Gasteiger partial charge in [0, 0.05) is 11.1 Å². The normalized spacial score (nSPS) is 12.9. The van der Waals surface area contributed by atoms with Gasteiger partial charge >= 0.3 is 0 Å². The van der Waals surface area contributed by atoms with Crippen molar-refractivity contribution < 1.29 is 14.1 Å². The molecule has 0 saturated carbocycles. The maximum atomic E-state index is 11.9. The summed E-state index contributed by atoms with van der Waals surface area (Å²) < 4.78 is 5.65. The van der Waals surface area contributed by atoms with E-state index in [2.05, 4.69) is 15.5 Å². The number of amides is 1. The molecule has 22 heavy (non-hydrogen) atoms. The van der Waals surface area contributed by atoms with Crippen molar-refractivity contribution >= 4 is 5.91 Å². The van der Waals surface area contributed by atoms with Gasteiger partial charge in [-0.05, 0) is 32.9 Å². The van der Waals surface area contributed by atoms with Crippen LogP contribution in [0.15, 0.2) is 34.7 Å². The molecule has 118 valence electrons. The molecule has 2 aromatic rings. The number of hydrogen-bond donors (Lipinski definition) is 2. The van der Waals surface area contributed by atoms with E-state index in [1.165, 1.54) is 0 Å². The molecule has 1 heterocycles. The van der Waals surface area contributed by atoms with Crippen molar-refractivity contribution in [3.63, 3.8) is 0 Å². The molecule has 2 N–H and O–H groups in total. The van der Waals surface area contributed by atoms with Crippen molar-refractivity contribution in [3.8, 4) is 11.5 Å². The van der Waals surface area contributed by atoms with Crippen molar-refractivity contribution in [2.75, 3.05) is 13.6 Å². The van der Waals surface area contributed by atoms with Crippen LogP contribution in [-0.2, 0) is 11.3 Å². The molecule has 6 nitrogen and oxygen atoms in total. The summed E-state index contributed by atoms with van der Waals surface area (Å²) in [5, 5.41) is 11.0. The maximum Gasteiger partial charge on any atom is 0.275 e. The average molecular weight is 303 g/mol. The molecule has 2 rings (SSSR count). The second-order valence-corrected chi connectivity index (χ2v) is 6.48. The monoisotopic (exact) mass is 303 g/mol. The first-order chi connectivity index (χ1) is 10.3. The molecule has 1 unspecified atom stereocenters. The second-order valence-electron chi connectivity index (χ2n) is 6.48. The van der Waals surface area contributed by atoms with Gasteiger partial charge in [-0.3, -0.25) is 4.79 Å². The van der Waals surface area contributed by atoms with Crippen LogP contribution in [0.25, 0.3) is 11.5 Å². The Morgan fingerprint density at radius 3 is 2.55 bits per heavy atom. The van der Waals surface area contributed by atoms with Gasteiger partial charge < -0.3 is 14.6 Å². The first-order valence-electron chi connectivity index (χ1n) is 7.33. The van der Waals surface area contributed by atoms with Crippen LogP contribution in [-0.4, -0.2) is 35.2 Å². The minimum Gasteiger partial charge on any atom is -0.415 e. The Morgan fingerprint density at radius 2 is 1.91 bits per heavy atom. The van der Waals surface area contributed by atoms with Crippen molar-refractivity contribution in [1.29, 1.82) is 0 Å². The molecule has 1 aromatic heterocycles. The molecule has 0 aliphatic carbocycles. The summed E-state index contributed by atoms with van der Waals surface area (Å²) in [5.74, 6) is 1.04. The summed E-state index contributed by atoms with van der Waals surface area (Å²) in [6.07, 6.45) is 0. The number of nitrogens with one attached hydrogen (secondary N) is 2. The molecule has 0 aliphatic heterocycles. The molecule has 0 spiro atoms. The van der Waals surface area contributed by atoms with Gasteiger partial charge in [0.2, 0.25) is 5.89 Å². The lowest BCUT2D eigenvalue weighted by atomic mass is 10.1. The molecular formula is C16H23N4O2+. The van der Waals surface area contributed by atoms with E-state index in [9.17, 15) is 4.79 Å². The first-order valence-corrected chi connectivity index (χ1v) is 7.33. The van der Waals surface area contributed by atoms with E-state index in [1.807, 2.05) is 58.2 Å². The zero-order chi connectivity index (χ0) is 16.2. The summed E-state index contributed by atoms with van der Waals surface area (Å²) in [6.45, 7) is 6.76. The van der Waals surface area contributed by atoms with E-state index in [0.717, 1.165) is 10.5 Å². The third-order valence-electron chi connectivity index (χ3n) is 2.92. The van der Waals surface area contributed by atoms with Crippen molar-refractivity contribution in [3.05, 3.63) is 36.2 Å². The smallest absolute Gasteiger partial charge is 0.275 e. The molecule has 0 fully saturated rings. The lowest BCUT2D eigenvalue weighted by molar-refractivity contribution is -0.886. The van der Waals surface area contributed by atoms with Gasteiger partial charge in [0.25, 0.3) is 11.8 Å². The van der Waals surface area contributed by atoms with E-state index in [4.69, 9.17) is 4.42 Å². The molecule has 1 atom stereocenters. The van der Waals surface area contributed by atoms with Crippen LogP contribution < -0.4 is 10.2 Å². The minimum atomic E-state index is -0.220. The highest BCUT2D eigenvalue weighted by Gasteiger charge is 2.19. The Balaban J connectivity index is 1.91. The quantitative estimate of drug-likeness (QED) is 0.851. The summed E-state index contributed by atoms with van der Waals surface area (Å²) in [4.78, 5) is 12.9. The Bertz CT molecular complexity index is 617. The Hall–Kier alpha value is -2.21. The zero-order valence-electron chi connectivity index (χ0n) is 13.5. The van der Waals surface area contributed by atoms with Gasteiger partial charge in [0.05, 0.1) is 7.05 Å². The number of carbonyl (C=O) groups excluding carboxylic acids is 1. The van der Waals surface area contributed by atoms with Crippen LogP contribution in [0.5, 0.6) is 0 Å². The number of nitrogens with zero attached hydrogens (tertiary/aromatic N) is 2. The molecule has 1 amide bonds. The lowest BCUT2D eigenvalue weighted by Crippen LogP contribution is -3.09. The Labute approximate surface area is 130 Å². The SMILES string of the molecule is C[NH+](CC(=O)NC(C)(C)C)Cc1nnc(-c2ccccc2)o1. The van der Waals surface area contributed by atoms with Crippen LogP contribution in [0.2, 0.25) is 0 Å². The topological polar surface area (TPSA) is 72.5 Å². The van der Waals surface area contributed by atoms with E-state index >= 15 is 0 Å². The number of benzene rings is 1. The number of hydrogen-bond acceptors (Lipinski definition) is 4. The number of rotatable bonds is 5. The first kappa shape index (κ1) is 16.2. The fraction of sp³-hybridized carbons (Fsp3) is 0.438. The highest BCUT2D eigenvalue weighted by Crippen LogP contribution is 2.16. The molecule has 6 heteroatoms. The van der Waals surface area contributed by atoms with Crippen molar-refractivity contribution in [2.45, 2.75) is 32.9 Å². The maximum absolute atomic E-state index is 11.9. The van der Waals surface area contributed by atoms with Crippen LogP contribution in [0.3, 0.4) is 0 Å². The number of quaternary nitrogens is 1. The summed E-state index contributed by atoms with van der Waals surface area (Å²) >= 11 is 0. The highest BCUT2D eigenvalue weighted by molar-refractivity contribution is 5.77. The Kier molecular flexibility index (Phi) is 4.92. The van der Waals surface area contributed by atoms with Gasteiger partial charge in [0.15, 0.2) is 13.1 Å². The van der Waals surface area contributed by atoms with Crippen LogP contribution >= 0.6 is 0 Å². The van der Waals surface area contributed by atoms with Gasteiger partial charge in [-0.1, -0.05) is 18.2 Å². The third-order valence-corrected chi connectivity index (χ3v) is 2.92. The van der Waals surface area contributed by atoms with E-state index in [1.54, 1.807) is 0 Å². The van der Waals surface area contributed by atoms with Crippen LogP contribution in [0.1, 0.15) is 26.7 Å². The molecular weight excluding hydrogens is 280 g/mol. The number of likely N-dealkylation sites (N-methyl/N-ethyl adjacent to an activating group) is 1. The summed E-state index contributed by atoms with van der Waals surface area (Å²) in [5.41, 5.74) is 0.673. The van der Waals surface area contributed by atoms with Gasteiger partial charge in [-0.25, -0.2) is 0 Å².